The van der Waals surface area contributed by atoms with Crippen LogP contribution < -0.4 is 10.6 Å². The number of carbonyl (C=O) groups is 1. The minimum Gasteiger partial charge on any atom is -0.362 e. The maximum Gasteiger partial charge on any atom is 0.263 e. The zero-order valence-corrected chi connectivity index (χ0v) is 15.8. The molecule has 0 aliphatic carbocycles. The van der Waals surface area contributed by atoms with E-state index in [1.54, 1.807) is 0 Å². The average Bonchev–Trinajstić information content (AvgIpc) is 2.90. The SMILES string of the molecule is CCNc1nc(C)c(C(=O)NCC(c2ccccc2C)N(C)C)s1. The Morgan fingerprint density at radius 2 is 2.00 bits per heavy atom. The molecule has 1 aromatic carbocycles. The van der Waals surface area contributed by atoms with Gasteiger partial charge in [0, 0.05) is 13.1 Å². The predicted molar refractivity (Wildman–Crippen MR) is 101 cm³/mol. The molecular formula is C18H26N4OS. The third-order valence-electron chi connectivity index (χ3n) is 3.96. The zero-order valence-electron chi connectivity index (χ0n) is 15.0. The smallest absolute Gasteiger partial charge is 0.263 e. The van der Waals surface area contributed by atoms with Gasteiger partial charge in [-0.25, -0.2) is 4.98 Å². The number of aryl methyl sites for hydroxylation is 2. The second-order valence-electron chi connectivity index (χ2n) is 6.01. The normalized spacial score (nSPS) is 12.2. The van der Waals surface area contributed by atoms with Crippen LogP contribution in [0.1, 0.15) is 39.5 Å². The molecule has 1 unspecified atom stereocenters. The van der Waals surface area contributed by atoms with Gasteiger partial charge >= 0.3 is 0 Å². The van der Waals surface area contributed by atoms with Crippen LogP contribution >= 0.6 is 11.3 Å². The van der Waals surface area contributed by atoms with Crippen molar-refractivity contribution in [1.29, 1.82) is 0 Å². The standard InChI is InChI=1S/C18H26N4OS/c1-6-19-18-21-13(3)16(24-18)17(23)20-11-15(22(4)5)14-10-8-7-9-12(14)2/h7-10,15H,6,11H2,1-5H3,(H,19,21)(H,20,23). The summed E-state index contributed by atoms with van der Waals surface area (Å²) < 4.78 is 0. The van der Waals surface area contributed by atoms with Crippen molar-refractivity contribution in [3.05, 3.63) is 46.0 Å². The van der Waals surface area contributed by atoms with Gasteiger partial charge in [0.15, 0.2) is 5.13 Å². The molecule has 0 spiro atoms. The van der Waals surface area contributed by atoms with E-state index < -0.39 is 0 Å². The van der Waals surface area contributed by atoms with Crippen LogP contribution in [0.25, 0.3) is 0 Å². The number of carbonyl (C=O) groups excluding carboxylic acids is 1. The molecule has 6 heteroatoms. The Bertz CT molecular complexity index is 696. The third kappa shape index (κ3) is 4.33. The molecule has 0 fully saturated rings. The van der Waals surface area contributed by atoms with Gasteiger partial charge in [0.25, 0.3) is 5.91 Å². The van der Waals surface area contributed by atoms with Gasteiger partial charge < -0.3 is 15.5 Å². The summed E-state index contributed by atoms with van der Waals surface area (Å²) in [6.07, 6.45) is 0. The van der Waals surface area contributed by atoms with Crippen LogP contribution in [0.5, 0.6) is 0 Å². The minimum atomic E-state index is -0.0606. The Balaban J connectivity index is 2.10. The topological polar surface area (TPSA) is 57.3 Å². The fourth-order valence-electron chi connectivity index (χ4n) is 2.63. The quantitative estimate of drug-likeness (QED) is 0.808. The largest absolute Gasteiger partial charge is 0.362 e. The summed E-state index contributed by atoms with van der Waals surface area (Å²) in [6.45, 7) is 7.34. The Morgan fingerprint density at radius 3 is 2.62 bits per heavy atom. The van der Waals surface area contributed by atoms with Crippen LogP contribution in [0, 0.1) is 13.8 Å². The molecule has 1 atom stereocenters. The number of nitrogens with one attached hydrogen (secondary N) is 2. The van der Waals surface area contributed by atoms with E-state index in [4.69, 9.17) is 0 Å². The van der Waals surface area contributed by atoms with Crippen LogP contribution in [0.2, 0.25) is 0 Å². The second kappa shape index (κ2) is 8.26. The van der Waals surface area contributed by atoms with E-state index in [0.29, 0.717) is 11.4 Å². The van der Waals surface area contributed by atoms with Crippen LogP contribution in [0.15, 0.2) is 24.3 Å². The van der Waals surface area contributed by atoms with E-state index in [2.05, 4.69) is 39.6 Å². The van der Waals surface area contributed by atoms with Crippen molar-refractivity contribution in [2.45, 2.75) is 26.8 Å². The van der Waals surface area contributed by atoms with E-state index in [1.807, 2.05) is 40.1 Å². The van der Waals surface area contributed by atoms with Crippen molar-refractivity contribution < 1.29 is 4.79 Å². The predicted octanol–water partition coefficient (Wildman–Crippen LogP) is 3.22. The lowest BCUT2D eigenvalue weighted by molar-refractivity contribution is 0.0945. The summed E-state index contributed by atoms with van der Waals surface area (Å²) in [4.78, 5) is 19.7. The summed E-state index contributed by atoms with van der Waals surface area (Å²) in [7, 11) is 4.06. The number of hydrogen-bond donors (Lipinski definition) is 2. The molecule has 0 saturated carbocycles. The lowest BCUT2D eigenvalue weighted by Crippen LogP contribution is -2.34. The first-order valence-electron chi connectivity index (χ1n) is 8.15. The first-order chi connectivity index (χ1) is 11.4. The molecule has 0 aliphatic heterocycles. The summed E-state index contributed by atoms with van der Waals surface area (Å²) in [5.74, 6) is -0.0606. The highest BCUT2D eigenvalue weighted by molar-refractivity contribution is 7.17. The van der Waals surface area contributed by atoms with Crippen molar-refractivity contribution in [2.24, 2.45) is 0 Å². The van der Waals surface area contributed by atoms with E-state index in [0.717, 1.165) is 17.4 Å². The van der Waals surface area contributed by atoms with Gasteiger partial charge in [-0.2, -0.15) is 0 Å². The van der Waals surface area contributed by atoms with Gasteiger partial charge in [0.05, 0.1) is 11.7 Å². The molecule has 2 rings (SSSR count). The lowest BCUT2D eigenvalue weighted by Gasteiger charge is -2.26. The zero-order chi connectivity index (χ0) is 17.7. The molecule has 1 aromatic heterocycles. The molecule has 5 nitrogen and oxygen atoms in total. The summed E-state index contributed by atoms with van der Waals surface area (Å²) in [6, 6.07) is 8.43. The molecule has 1 amide bonds. The van der Waals surface area contributed by atoms with Crippen molar-refractivity contribution >= 4 is 22.4 Å². The number of hydrogen-bond acceptors (Lipinski definition) is 5. The van der Waals surface area contributed by atoms with Gasteiger partial charge in [0.2, 0.25) is 0 Å². The lowest BCUT2D eigenvalue weighted by atomic mass is 10.0. The first-order valence-corrected chi connectivity index (χ1v) is 8.97. The molecule has 130 valence electrons. The van der Waals surface area contributed by atoms with Crippen molar-refractivity contribution in [3.8, 4) is 0 Å². The highest BCUT2D eigenvalue weighted by atomic mass is 32.1. The minimum absolute atomic E-state index is 0.0606. The monoisotopic (exact) mass is 346 g/mol. The molecule has 2 N–H and O–H groups in total. The van der Waals surface area contributed by atoms with Gasteiger partial charge in [-0.1, -0.05) is 35.6 Å². The number of thiazole rings is 1. The number of anilines is 1. The Hall–Kier alpha value is -1.92. The number of aromatic nitrogens is 1. The fraction of sp³-hybridized carbons (Fsp3) is 0.444. The molecule has 0 bridgehead atoms. The fourth-order valence-corrected chi connectivity index (χ4v) is 3.59. The van der Waals surface area contributed by atoms with E-state index >= 15 is 0 Å². The molecule has 2 aromatic rings. The van der Waals surface area contributed by atoms with E-state index in [-0.39, 0.29) is 11.9 Å². The Labute approximate surface area is 148 Å². The Morgan fingerprint density at radius 1 is 1.29 bits per heavy atom. The molecule has 1 heterocycles. The van der Waals surface area contributed by atoms with Gasteiger partial charge in [-0.15, -0.1) is 0 Å². The number of likely N-dealkylation sites (N-methyl/N-ethyl adjacent to an activating group) is 1. The summed E-state index contributed by atoms with van der Waals surface area (Å²) in [5, 5.41) is 7.02. The molecular weight excluding hydrogens is 320 g/mol. The highest BCUT2D eigenvalue weighted by Crippen LogP contribution is 2.24. The maximum absolute atomic E-state index is 12.5. The van der Waals surface area contributed by atoms with E-state index in [9.17, 15) is 4.79 Å². The van der Waals surface area contributed by atoms with Gasteiger partial charge in [-0.3, -0.25) is 4.79 Å². The average molecular weight is 347 g/mol. The first kappa shape index (κ1) is 18.4. The maximum atomic E-state index is 12.5. The van der Waals surface area contributed by atoms with Crippen molar-refractivity contribution in [2.75, 3.05) is 32.5 Å². The number of nitrogens with zero attached hydrogens (tertiary/aromatic N) is 2. The number of amides is 1. The summed E-state index contributed by atoms with van der Waals surface area (Å²) in [5.41, 5.74) is 3.23. The van der Waals surface area contributed by atoms with Crippen LogP contribution in [0.4, 0.5) is 5.13 Å². The van der Waals surface area contributed by atoms with Gasteiger partial charge in [-0.05, 0) is 46.0 Å². The van der Waals surface area contributed by atoms with Crippen LogP contribution in [-0.4, -0.2) is 43.0 Å². The van der Waals surface area contributed by atoms with Crippen LogP contribution in [0.3, 0.4) is 0 Å². The van der Waals surface area contributed by atoms with Crippen LogP contribution in [-0.2, 0) is 0 Å². The highest BCUT2D eigenvalue weighted by Gasteiger charge is 2.20. The number of rotatable bonds is 7. The third-order valence-corrected chi connectivity index (χ3v) is 5.07. The van der Waals surface area contributed by atoms with E-state index in [1.165, 1.54) is 22.5 Å². The molecule has 0 saturated heterocycles. The second-order valence-corrected chi connectivity index (χ2v) is 7.01. The Kier molecular flexibility index (Phi) is 6.34. The van der Waals surface area contributed by atoms with Crippen molar-refractivity contribution in [3.63, 3.8) is 0 Å². The molecule has 24 heavy (non-hydrogen) atoms. The molecule has 0 radical (unpaired) electrons. The number of benzene rings is 1. The van der Waals surface area contributed by atoms with Gasteiger partial charge in [0.1, 0.15) is 4.88 Å². The molecule has 0 aliphatic rings. The van der Waals surface area contributed by atoms with Crippen molar-refractivity contribution in [1.82, 2.24) is 15.2 Å². The summed E-state index contributed by atoms with van der Waals surface area (Å²) >= 11 is 1.40.